The molecule has 1 aliphatic rings. The first kappa shape index (κ1) is 37.4. The lowest BCUT2D eigenvalue weighted by Gasteiger charge is -2.36. The van der Waals surface area contributed by atoms with Crippen molar-refractivity contribution in [3.8, 4) is 11.1 Å². The molecule has 3 nitrogen and oxygen atoms in total. The van der Waals surface area contributed by atoms with Crippen molar-refractivity contribution in [2.24, 2.45) is 0 Å². The highest BCUT2D eigenvalue weighted by Crippen LogP contribution is 2.53. The van der Waals surface area contributed by atoms with Crippen LogP contribution in [0.1, 0.15) is 11.1 Å². The number of rotatable bonds is 8. The molecule has 64 heavy (non-hydrogen) atoms. The molecule has 0 unspecified atom stereocenters. The van der Waals surface area contributed by atoms with Gasteiger partial charge in [-0.3, -0.25) is 0 Å². The third-order valence-corrected chi connectivity index (χ3v) is 12.7. The lowest BCUT2D eigenvalue weighted by atomic mass is 9.87. The first-order valence-electron chi connectivity index (χ1n) is 22.1. The third-order valence-electron chi connectivity index (χ3n) is 12.7. The average molecular weight is 818 g/mol. The molecule has 0 spiro atoms. The molecule has 0 radical (unpaired) electrons. The second kappa shape index (κ2) is 15.8. The molecule has 0 bridgehead atoms. The van der Waals surface area contributed by atoms with Crippen LogP contribution in [0.3, 0.4) is 0 Å². The number of anilines is 9. The Bertz CT molecular complexity index is 3390. The van der Waals surface area contributed by atoms with E-state index in [1.807, 2.05) is 0 Å². The molecule has 0 saturated heterocycles. The minimum atomic E-state index is 0.879. The molecule has 0 fully saturated rings. The van der Waals surface area contributed by atoms with Gasteiger partial charge in [-0.15, -0.1) is 0 Å². The van der Waals surface area contributed by atoms with Crippen LogP contribution in [0.25, 0.3) is 43.4 Å². The lowest BCUT2D eigenvalue weighted by Crippen LogP contribution is -2.19. The summed E-state index contributed by atoms with van der Waals surface area (Å²) < 4.78 is 0. The Labute approximate surface area is 374 Å². The summed E-state index contributed by atoms with van der Waals surface area (Å²) in [6, 6.07) is 90.6. The van der Waals surface area contributed by atoms with Crippen LogP contribution in [-0.4, -0.2) is 0 Å². The molecule has 11 aromatic carbocycles. The number of fused-ring (bicyclic) bond motifs is 5. The van der Waals surface area contributed by atoms with Crippen molar-refractivity contribution in [2.45, 2.75) is 6.42 Å². The van der Waals surface area contributed by atoms with Crippen molar-refractivity contribution >= 4 is 83.5 Å². The van der Waals surface area contributed by atoms with E-state index in [9.17, 15) is 0 Å². The lowest BCUT2D eigenvalue weighted by molar-refractivity contribution is 1.09. The van der Waals surface area contributed by atoms with Gasteiger partial charge >= 0.3 is 0 Å². The molecular weight excluding hydrogens is 775 g/mol. The summed E-state index contributed by atoms with van der Waals surface area (Å²) in [5.74, 6) is 0. The zero-order valence-corrected chi connectivity index (χ0v) is 35.2. The van der Waals surface area contributed by atoms with Gasteiger partial charge in [-0.05, 0) is 129 Å². The van der Waals surface area contributed by atoms with E-state index >= 15 is 0 Å². The van der Waals surface area contributed by atoms with Crippen LogP contribution in [0.15, 0.2) is 249 Å². The van der Waals surface area contributed by atoms with Crippen molar-refractivity contribution in [3.05, 3.63) is 260 Å². The topological polar surface area (TPSA) is 9.72 Å². The number of nitrogens with zero attached hydrogens (tertiary/aromatic N) is 3. The Hall–Kier alpha value is -8.40. The highest BCUT2D eigenvalue weighted by molar-refractivity contribution is 6.24. The van der Waals surface area contributed by atoms with Gasteiger partial charge in [-0.2, -0.15) is 0 Å². The molecule has 0 amide bonds. The first-order chi connectivity index (χ1) is 31.8. The van der Waals surface area contributed by atoms with Crippen LogP contribution in [0, 0.1) is 0 Å². The summed E-state index contributed by atoms with van der Waals surface area (Å²) in [6.45, 7) is 0. The van der Waals surface area contributed by atoms with Crippen molar-refractivity contribution < 1.29 is 0 Å². The van der Waals surface area contributed by atoms with Gasteiger partial charge in [-0.25, -0.2) is 0 Å². The summed E-state index contributed by atoms with van der Waals surface area (Å²) in [7, 11) is 0. The largest absolute Gasteiger partial charge is 0.310 e. The van der Waals surface area contributed by atoms with E-state index in [1.165, 1.54) is 65.9 Å². The van der Waals surface area contributed by atoms with Crippen molar-refractivity contribution in [1.82, 2.24) is 0 Å². The summed E-state index contributed by atoms with van der Waals surface area (Å²) in [6.07, 6.45) is 0.879. The second-order valence-corrected chi connectivity index (χ2v) is 16.5. The van der Waals surface area contributed by atoms with Crippen LogP contribution >= 0.6 is 0 Å². The molecule has 1 aliphatic heterocycles. The highest BCUT2D eigenvalue weighted by Gasteiger charge is 2.29. The maximum atomic E-state index is 2.55. The zero-order valence-electron chi connectivity index (χ0n) is 35.2. The monoisotopic (exact) mass is 817 g/mol. The maximum absolute atomic E-state index is 2.55. The van der Waals surface area contributed by atoms with Gasteiger partial charge in [0.15, 0.2) is 0 Å². The van der Waals surface area contributed by atoms with Crippen LogP contribution in [-0.2, 0) is 6.42 Å². The minimum absolute atomic E-state index is 0.879. The molecule has 0 N–H and O–H groups in total. The predicted molar refractivity (Wildman–Crippen MR) is 271 cm³/mol. The van der Waals surface area contributed by atoms with E-state index in [0.29, 0.717) is 0 Å². The summed E-state index contributed by atoms with van der Waals surface area (Å²) in [5.41, 5.74) is 15.2. The minimum Gasteiger partial charge on any atom is -0.310 e. The van der Waals surface area contributed by atoms with Gasteiger partial charge in [0.2, 0.25) is 0 Å². The van der Waals surface area contributed by atoms with E-state index in [1.54, 1.807) is 0 Å². The van der Waals surface area contributed by atoms with Crippen LogP contribution < -0.4 is 14.7 Å². The molecule has 0 atom stereocenters. The summed E-state index contributed by atoms with van der Waals surface area (Å²) >= 11 is 0. The Morgan fingerprint density at radius 2 is 0.734 bits per heavy atom. The number of hydrogen-bond donors (Lipinski definition) is 0. The molecule has 12 rings (SSSR count). The van der Waals surface area contributed by atoms with Crippen LogP contribution in [0.4, 0.5) is 51.2 Å². The molecule has 0 aliphatic carbocycles. The first-order valence-corrected chi connectivity index (χ1v) is 22.1. The Balaban J connectivity index is 1.20. The van der Waals surface area contributed by atoms with E-state index in [4.69, 9.17) is 0 Å². The number of para-hydroxylation sites is 5. The van der Waals surface area contributed by atoms with Crippen molar-refractivity contribution in [2.75, 3.05) is 14.7 Å². The van der Waals surface area contributed by atoms with Gasteiger partial charge in [0.1, 0.15) is 0 Å². The Morgan fingerprint density at radius 3 is 1.33 bits per heavy atom. The highest BCUT2D eigenvalue weighted by atomic mass is 15.2. The van der Waals surface area contributed by atoms with Crippen LogP contribution in [0.2, 0.25) is 0 Å². The van der Waals surface area contributed by atoms with Crippen molar-refractivity contribution in [3.63, 3.8) is 0 Å². The van der Waals surface area contributed by atoms with Gasteiger partial charge in [0.05, 0.1) is 5.69 Å². The smallest absolute Gasteiger partial charge is 0.0619 e. The fourth-order valence-corrected chi connectivity index (χ4v) is 9.89. The normalized spacial score (nSPS) is 12.0. The van der Waals surface area contributed by atoms with E-state index in [0.717, 1.165) is 46.2 Å². The molecule has 302 valence electrons. The predicted octanol–water partition coefficient (Wildman–Crippen LogP) is 17.1. The Morgan fingerprint density at radius 1 is 0.297 bits per heavy atom. The van der Waals surface area contributed by atoms with E-state index in [-0.39, 0.29) is 0 Å². The van der Waals surface area contributed by atoms with Gasteiger partial charge in [0, 0.05) is 62.7 Å². The average Bonchev–Trinajstić information content (AvgIpc) is 3.36. The second-order valence-electron chi connectivity index (χ2n) is 16.5. The van der Waals surface area contributed by atoms with Gasteiger partial charge in [-0.1, -0.05) is 164 Å². The molecular formula is C61H43N3. The number of hydrogen-bond acceptors (Lipinski definition) is 3. The fourth-order valence-electron chi connectivity index (χ4n) is 9.89. The molecule has 0 saturated carbocycles. The molecule has 0 aromatic heterocycles. The fraction of sp³-hybridized carbons (Fsp3) is 0.0164. The van der Waals surface area contributed by atoms with Gasteiger partial charge in [0.25, 0.3) is 0 Å². The van der Waals surface area contributed by atoms with Crippen molar-refractivity contribution in [1.29, 1.82) is 0 Å². The SMILES string of the molecule is c1ccc(-c2c3cc(N(c4ccccc4)c4ccc5ccccc5c4)ccc3c(N3c4ccccc4Cc4ccccc43)c3cc(N(c4ccccc4)c4ccccc4)ccc23)cc1. The summed E-state index contributed by atoms with van der Waals surface area (Å²) in [4.78, 5) is 7.32. The molecule has 11 aromatic rings. The standard InChI is InChI=1S/C61H43N3/c1-5-20-44(21-6-1)60-54-37-35-53(62(48-25-7-2-8-26-48)49-27-9-3-10-28-49)42-57(54)61(64-58-31-17-15-23-46(58)39-47-24-16-18-32-59(47)64)55-38-36-52(41-56(55)60)63(50-29-11-4-12-30-50)51-34-33-43-19-13-14-22-45(43)40-51/h1-38,40-42H,39H2. The van der Waals surface area contributed by atoms with Crippen LogP contribution in [0.5, 0.6) is 0 Å². The van der Waals surface area contributed by atoms with E-state index < -0.39 is 0 Å². The Kier molecular flexibility index (Phi) is 9.23. The van der Waals surface area contributed by atoms with Gasteiger partial charge < -0.3 is 14.7 Å². The quantitative estimate of drug-likeness (QED) is 0.141. The number of benzene rings is 11. The molecule has 1 heterocycles. The zero-order chi connectivity index (χ0) is 42.4. The third kappa shape index (κ3) is 6.45. The van der Waals surface area contributed by atoms with E-state index in [2.05, 4.69) is 263 Å². The molecule has 3 heteroatoms. The summed E-state index contributed by atoms with van der Waals surface area (Å²) in [5, 5.41) is 7.15. The maximum Gasteiger partial charge on any atom is 0.0619 e.